The zero-order chi connectivity index (χ0) is 12.7. The minimum absolute atomic E-state index is 0.146. The van der Waals surface area contributed by atoms with Crippen LogP contribution >= 0.6 is 0 Å². The van der Waals surface area contributed by atoms with E-state index in [2.05, 4.69) is 5.32 Å². The molecule has 0 aliphatic heterocycles. The van der Waals surface area contributed by atoms with E-state index < -0.39 is 0 Å². The van der Waals surface area contributed by atoms with Crippen molar-refractivity contribution in [3.63, 3.8) is 0 Å². The highest BCUT2D eigenvalue weighted by Gasteiger charge is 2.07. The number of aliphatic hydroxyl groups is 1. The molecule has 0 saturated carbocycles. The molecule has 0 aliphatic carbocycles. The molecule has 4 nitrogen and oxygen atoms in total. The molecule has 1 amide bonds. The molecule has 0 radical (unpaired) electrons. The minimum Gasteiger partial charge on any atom is -0.497 e. The van der Waals surface area contributed by atoms with Crippen molar-refractivity contribution in [1.82, 2.24) is 5.32 Å². The van der Waals surface area contributed by atoms with Crippen LogP contribution < -0.4 is 10.1 Å². The van der Waals surface area contributed by atoms with E-state index in [-0.39, 0.29) is 12.0 Å². The van der Waals surface area contributed by atoms with Crippen molar-refractivity contribution in [3.8, 4) is 5.75 Å². The summed E-state index contributed by atoms with van der Waals surface area (Å²) in [6.45, 7) is 2.39. The van der Waals surface area contributed by atoms with E-state index in [0.29, 0.717) is 30.7 Å². The second-order valence-electron chi connectivity index (χ2n) is 3.84. The molecule has 0 spiro atoms. The standard InChI is InChI=1S/C13H19NO3/c1-3-11(15)7-8-14-13(16)10-5-4-6-12(9-10)17-2/h4-6,9,11,15H,3,7-8H2,1-2H3,(H,14,16). The van der Waals surface area contributed by atoms with Crippen molar-refractivity contribution in [2.45, 2.75) is 25.9 Å². The maximum atomic E-state index is 11.7. The molecule has 0 heterocycles. The van der Waals surface area contributed by atoms with Gasteiger partial charge in [-0.15, -0.1) is 0 Å². The summed E-state index contributed by atoms with van der Waals surface area (Å²) in [6.07, 6.45) is 0.932. The summed E-state index contributed by atoms with van der Waals surface area (Å²) in [5.41, 5.74) is 0.565. The number of ether oxygens (including phenoxy) is 1. The number of rotatable bonds is 6. The molecule has 0 aliphatic rings. The van der Waals surface area contributed by atoms with Gasteiger partial charge < -0.3 is 15.2 Å². The van der Waals surface area contributed by atoms with Gasteiger partial charge in [-0.2, -0.15) is 0 Å². The van der Waals surface area contributed by atoms with Crippen LogP contribution in [0.1, 0.15) is 30.1 Å². The van der Waals surface area contributed by atoms with Crippen LogP contribution in [-0.2, 0) is 0 Å². The highest BCUT2D eigenvalue weighted by atomic mass is 16.5. The molecule has 0 aromatic heterocycles. The Morgan fingerprint density at radius 2 is 2.29 bits per heavy atom. The number of aliphatic hydroxyl groups excluding tert-OH is 1. The van der Waals surface area contributed by atoms with Crippen LogP contribution in [0.3, 0.4) is 0 Å². The van der Waals surface area contributed by atoms with Crippen molar-refractivity contribution in [2.75, 3.05) is 13.7 Å². The Morgan fingerprint density at radius 3 is 2.94 bits per heavy atom. The topological polar surface area (TPSA) is 58.6 Å². The molecule has 1 aromatic carbocycles. The summed E-state index contributed by atoms with van der Waals surface area (Å²) >= 11 is 0. The van der Waals surface area contributed by atoms with Crippen molar-refractivity contribution >= 4 is 5.91 Å². The molecule has 94 valence electrons. The molecule has 0 bridgehead atoms. The normalized spacial score (nSPS) is 11.9. The number of methoxy groups -OCH3 is 1. The molecule has 4 heteroatoms. The predicted molar refractivity (Wildman–Crippen MR) is 66.2 cm³/mol. The summed E-state index contributed by atoms with van der Waals surface area (Å²) in [5.74, 6) is 0.512. The second-order valence-corrected chi connectivity index (χ2v) is 3.84. The van der Waals surface area contributed by atoms with Gasteiger partial charge in [-0.05, 0) is 31.0 Å². The van der Waals surface area contributed by atoms with E-state index in [4.69, 9.17) is 4.74 Å². The Morgan fingerprint density at radius 1 is 1.53 bits per heavy atom. The summed E-state index contributed by atoms with van der Waals surface area (Å²) in [7, 11) is 1.56. The molecule has 1 atom stereocenters. The monoisotopic (exact) mass is 237 g/mol. The van der Waals surface area contributed by atoms with E-state index in [0.717, 1.165) is 0 Å². The van der Waals surface area contributed by atoms with Gasteiger partial charge in [0.1, 0.15) is 5.75 Å². The van der Waals surface area contributed by atoms with Gasteiger partial charge in [0.05, 0.1) is 13.2 Å². The first-order valence-electron chi connectivity index (χ1n) is 5.77. The number of amides is 1. The van der Waals surface area contributed by atoms with Crippen LogP contribution in [0.2, 0.25) is 0 Å². The van der Waals surface area contributed by atoms with Gasteiger partial charge in [-0.1, -0.05) is 13.0 Å². The number of hydrogen-bond donors (Lipinski definition) is 2. The molecular weight excluding hydrogens is 218 g/mol. The van der Waals surface area contributed by atoms with Gasteiger partial charge in [0.15, 0.2) is 0 Å². The fourth-order valence-corrected chi connectivity index (χ4v) is 1.42. The van der Waals surface area contributed by atoms with Gasteiger partial charge >= 0.3 is 0 Å². The molecule has 2 N–H and O–H groups in total. The van der Waals surface area contributed by atoms with Gasteiger partial charge in [0.2, 0.25) is 0 Å². The number of nitrogens with one attached hydrogen (secondary N) is 1. The molecular formula is C13H19NO3. The van der Waals surface area contributed by atoms with E-state index in [1.807, 2.05) is 6.92 Å². The Balaban J connectivity index is 2.46. The van der Waals surface area contributed by atoms with Crippen LogP contribution in [-0.4, -0.2) is 30.8 Å². The Hall–Kier alpha value is -1.55. The van der Waals surface area contributed by atoms with Gasteiger partial charge in [-0.3, -0.25) is 4.79 Å². The third-order valence-electron chi connectivity index (χ3n) is 2.57. The van der Waals surface area contributed by atoms with Crippen LogP contribution in [0.4, 0.5) is 0 Å². The van der Waals surface area contributed by atoms with Crippen molar-refractivity contribution < 1.29 is 14.6 Å². The average Bonchev–Trinajstić information content (AvgIpc) is 2.38. The average molecular weight is 237 g/mol. The summed E-state index contributed by atoms with van der Waals surface area (Å²) < 4.78 is 5.05. The maximum Gasteiger partial charge on any atom is 0.251 e. The van der Waals surface area contributed by atoms with Crippen LogP contribution in [0.5, 0.6) is 5.75 Å². The van der Waals surface area contributed by atoms with Crippen molar-refractivity contribution in [2.24, 2.45) is 0 Å². The van der Waals surface area contributed by atoms with Gasteiger partial charge in [-0.25, -0.2) is 0 Å². The number of benzene rings is 1. The van der Waals surface area contributed by atoms with Crippen molar-refractivity contribution in [3.05, 3.63) is 29.8 Å². The molecule has 0 saturated heterocycles. The zero-order valence-corrected chi connectivity index (χ0v) is 10.3. The van der Waals surface area contributed by atoms with Gasteiger partial charge in [0.25, 0.3) is 5.91 Å². The first-order chi connectivity index (χ1) is 8.17. The highest BCUT2D eigenvalue weighted by Crippen LogP contribution is 2.12. The van der Waals surface area contributed by atoms with E-state index >= 15 is 0 Å². The van der Waals surface area contributed by atoms with Crippen LogP contribution in [0.25, 0.3) is 0 Å². The Labute approximate surface area is 102 Å². The third-order valence-corrected chi connectivity index (χ3v) is 2.57. The number of hydrogen-bond acceptors (Lipinski definition) is 3. The first kappa shape index (κ1) is 13.5. The minimum atomic E-state index is -0.347. The molecule has 17 heavy (non-hydrogen) atoms. The van der Waals surface area contributed by atoms with E-state index in [9.17, 15) is 9.90 Å². The summed E-state index contributed by atoms with van der Waals surface area (Å²) in [5, 5.41) is 12.1. The van der Waals surface area contributed by atoms with Crippen molar-refractivity contribution in [1.29, 1.82) is 0 Å². The fourth-order valence-electron chi connectivity index (χ4n) is 1.42. The second kappa shape index (κ2) is 6.91. The predicted octanol–water partition coefficient (Wildman–Crippen LogP) is 1.59. The molecule has 0 fully saturated rings. The lowest BCUT2D eigenvalue weighted by atomic mass is 10.2. The van der Waals surface area contributed by atoms with E-state index in [1.54, 1.807) is 31.4 Å². The lowest BCUT2D eigenvalue weighted by molar-refractivity contribution is 0.0941. The zero-order valence-electron chi connectivity index (χ0n) is 10.3. The molecule has 1 rings (SSSR count). The first-order valence-corrected chi connectivity index (χ1v) is 5.77. The fraction of sp³-hybridized carbons (Fsp3) is 0.462. The largest absolute Gasteiger partial charge is 0.497 e. The smallest absolute Gasteiger partial charge is 0.251 e. The number of carbonyl (C=O) groups is 1. The van der Waals surface area contributed by atoms with Crippen LogP contribution in [0.15, 0.2) is 24.3 Å². The Kier molecular flexibility index (Phi) is 5.49. The van der Waals surface area contributed by atoms with Crippen LogP contribution in [0, 0.1) is 0 Å². The SMILES string of the molecule is CCC(O)CCNC(=O)c1cccc(OC)c1. The molecule has 1 unspecified atom stereocenters. The maximum absolute atomic E-state index is 11.7. The van der Waals surface area contributed by atoms with E-state index in [1.165, 1.54) is 0 Å². The summed E-state index contributed by atoms with van der Waals surface area (Å²) in [4.78, 5) is 11.7. The Bertz CT molecular complexity index is 365. The highest BCUT2D eigenvalue weighted by molar-refractivity contribution is 5.94. The lowest BCUT2D eigenvalue weighted by Crippen LogP contribution is -2.26. The lowest BCUT2D eigenvalue weighted by Gasteiger charge is -2.09. The van der Waals surface area contributed by atoms with Gasteiger partial charge in [0, 0.05) is 12.1 Å². The quantitative estimate of drug-likeness (QED) is 0.790. The molecule has 1 aromatic rings. The number of carbonyl (C=O) groups excluding carboxylic acids is 1. The third kappa shape index (κ3) is 4.44. The summed E-state index contributed by atoms with van der Waals surface area (Å²) in [6, 6.07) is 6.98.